The first-order valence-corrected chi connectivity index (χ1v) is 0. The van der Waals surface area contributed by atoms with E-state index in [2.05, 4.69) is 0 Å². The largest absolute Gasteiger partial charge is 4.00 e. The summed E-state index contributed by atoms with van der Waals surface area (Å²) in [5.74, 6) is 0. The Balaban J connectivity index is 0. The molecule has 0 amide bonds. The third kappa shape index (κ3) is 1840. The molecule has 0 aliphatic rings. The standard InChI is InChI=1S/C.5FH.Li/h;5*1H;/q+4;;;;;;+1/p-5. The Morgan fingerprint density at radius 1 is 0.429 bits per heavy atom. The van der Waals surface area contributed by atoms with E-state index in [-0.39, 0.29) is 49.8 Å². The SMILES string of the molecule is [C+4].[F-].[F-].[F-].[F-].[F-].[Li+]. The fourth-order valence-corrected chi connectivity index (χ4v) is 0. The van der Waals surface area contributed by atoms with E-state index in [0.29, 0.717) is 0 Å². The second-order valence-electron chi connectivity index (χ2n) is 0. The van der Waals surface area contributed by atoms with E-state index < -0.39 is 0 Å². The minimum absolute atomic E-state index is 0. The molecule has 0 bridgehead atoms. The molecule has 40 valence electrons. The maximum Gasteiger partial charge on any atom is 4.00 e. The van der Waals surface area contributed by atoms with Gasteiger partial charge < -0.3 is 23.5 Å². The van der Waals surface area contributed by atoms with Gasteiger partial charge in [-0.15, -0.1) is 0 Å². The van der Waals surface area contributed by atoms with Crippen molar-refractivity contribution >= 4 is 0 Å². The van der Waals surface area contributed by atoms with E-state index in [9.17, 15) is 0 Å². The van der Waals surface area contributed by atoms with Gasteiger partial charge in [-0.3, -0.25) is 0 Å². The van der Waals surface area contributed by atoms with Gasteiger partial charge in [-0.2, -0.15) is 0 Å². The molecule has 0 heterocycles. The molecule has 0 aromatic carbocycles. The van der Waals surface area contributed by atoms with Crippen LogP contribution in [0, 0.1) is 7.43 Å². The normalized spacial score (nSPS) is 0. The molecule has 0 atom stereocenters. The summed E-state index contributed by atoms with van der Waals surface area (Å²) >= 11 is 0. The van der Waals surface area contributed by atoms with Crippen molar-refractivity contribution in [2.75, 3.05) is 0 Å². The van der Waals surface area contributed by atoms with Gasteiger partial charge in [0.1, 0.15) is 0 Å². The number of halogens is 5. The second kappa shape index (κ2) is 2810. The Bertz CT molecular complexity index is 8.04. The van der Waals surface area contributed by atoms with Crippen LogP contribution in [0.15, 0.2) is 0 Å². The molecule has 6 heteroatoms. The van der Waals surface area contributed by atoms with Crippen LogP contribution >= 0.6 is 0 Å². The summed E-state index contributed by atoms with van der Waals surface area (Å²) < 4.78 is 0. The molecule has 0 aromatic heterocycles. The Morgan fingerprint density at radius 2 is 0.429 bits per heavy atom. The minimum atomic E-state index is 0. The van der Waals surface area contributed by atoms with Crippen molar-refractivity contribution in [2.45, 2.75) is 0 Å². The summed E-state index contributed by atoms with van der Waals surface area (Å²) in [4.78, 5) is 0. The Hall–Kier alpha value is 0.247. The first kappa shape index (κ1) is 4620. The smallest absolute Gasteiger partial charge is 1.00 e. The third-order valence-corrected chi connectivity index (χ3v) is 0. The van der Waals surface area contributed by atoms with Gasteiger partial charge in [-0.25, -0.2) is 0 Å². The molecular formula is CF5Li. The quantitative estimate of drug-likeness (QED) is 0.217. The molecule has 0 nitrogen and oxygen atoms in total. The van der Waals surface area contributed by atoms with Crippen molar-refractivity contribution in [3.63, 3.8) is 0 Å². The van der Waals surface area contributed by atoms with Gasteiger partial charge >= 0.3 is 26.3 Å². The molecule has 0 N–H and O–H groups in total. The predicted octanol–water partition coefficient (Wildman–Crippen LogP) is -17.9. The van der Waals surface area contributed by atoms with Crippen LogP contribution in [-0.4, -0.2) is 0 Å². The van der Waals surface area contributed by atoms with E-state index in [1.807, 2.05) is 0 Å². The summed E-state index contributed by atoms with van der Waals surface area (Å²) in [6, 6.07) is 0. The zero-order valence-electron chi connectivity index (χ0n) is 3.39. The molecule has 0 radical (unpaired) electrons. The topological polar surface area (TPSA) is 0 Å². The molecule has 0 unspecified atom stereocenters. The Labute approximate surface area is 50.7 Å². The number of hydrogen-bond donors (Lipinski definition) is 0. The monoisotopic (exact) mass is 114 g/mol. The van der Waals surface area contributed by atoms with Crippen LogP contribution in [0.1, 0.15) is 0 Å². The molecule has 0 spiro atoms. The summed E-state index contributed by atoms with van der Waals surface area (Å²) in [5.41, 5.74) is 0. The van der Waals surface area contributed by atoms with Crippen molar-refractivity contribution in [1.29, 1.82) is 0 Å². The Morgan fingerprint density at radius 3 is 0.429 bits per heavy atom. The first-order valence-electron chi connectivity index (χ1n) is 0. The molecule has 0 fully saturated rings. The van der Waals surface area contributed by atoms with Crippen LogP contribution in [0.5, 0.6) is 0 Å². The van der Waals surface area contributed by atoms with E-state index in [1.54, 1.807) is 0 Å². The van der Waals surface area contributed by atoms with Gasteiger partial charge in [0, 0.05) is 0 Å². The van der Waals surface area contributed by atoms with E-state index in [4.69, 9.17) is 0 Å². The van der Waals surface area contributed by atoms with E-state index in [0.717, 1.165) is 0 Å². The second-order valence-corrected chi connectivity index (χ2v) is 0. The predicted molar refractivity (Wildman–Crippen MR) is 3.24 cm³/mol. The minimum Gasteiger partial charge on any atom is -1.00 e. The molecule has 0 saturated carbocycles. The average molecular weight is 114 g/mol. The van der Waals surface area contributed by atoms with Crippen LogP contribution in [0.3, 0.4) is 0 Å². The summed E-state index contributed by atoms with van der Waals surface area (Å²) in [6.45, 7) is 0. The zero-order valence-corrected chi connectivity index (χ0v) is 3.39. The van der Waals surface area contributed by atoms with Gasteiger partial charge in [-0.1, -0.05) is 0 Å². The van der Waals surface area contributed by atoms with E-state index >= 15 is 0 Å². The molecule has 7 heavy (non-hydrogen) atoms. The third-order valence-electron chi connectivity index (χ3n) is 0. The maximum atomic E-state index is 0. The fraction of sp³-hybridized carbons (Fsp3) is 0. The van der Waals surface area contributed by atoms with Crippen LogP contribution in [0.2, 0.25) is 0 Å². The van der Waals surface area contributed by atoms with Crippen LogP contribution in [-0.2, 0) is 0 Å². The summed E-state index contributed by atoms with van der Waals surface area (Å²) in [5, 5.41) is 0. The summed E-state index contributed by atoms with van der Waals surface area (Å²) in [6.07, 6.45) is 0. The van der Waals surface area contributed by atoms with Crippen LogP contribution < -0.4 is 42.4 Å². The van der Waals surface area contributed by atoms with Gasteiger partial charge in [-0.05, 0) is 0 Å². The molecule has 0 saturated heterocycles. The van der Waals surface area contributed by atoms with Crippen molar-refractivity contribution in [1.82, 2.24) is 0 Å². The van der Waals surface area contributed by atoms with Gasteiger partial charge in [0.2, 0.25) is 0 Å². The van der Waals surface area contributed by atoms with Gasteiger partial charge in [0.25, 0.3) is 0 Å². The van der Waals surface area contributed by atoms with Crippen LogP contribution in [0.4, 0.5) is 0 Å². The summed E-state index contributed by atoms with van der Waals surface area (Å²) in [7, 11) is 0. The van der Waals surface area contributed by atoms with Gasteiger partial charge in [0.05, 0.1) is 0 Å². The molecular weight excluding hydrogens is 114 g/mol. The molecule has 0 aliphatic heterocycles. The van der Waals surface area contributed by atoms with Crippen molar-refractivity contribution in [3.05, 3.63) is 7.43 Å². The number of rotatable bonds is 0. The van der Waals surface area contributed by atoms with Crippen molar-refractivity contribution in [3.8, 4) is 0 Å². The number of hydrogen-bond acceptors (Lipinski definition) is 0. The molecule has 0 aromatic rings. The van der Waals surface area contributed by atoms with Crippen molar-refractivity contribution < 1.29 is 42.4 Å². The van der Waals surface area contributed by atoms with Crippen LogP contribution in [0.25, 0.3) is 0 Å². The molecule has 0 aliphatic carbocycles. The average Bonchev–Trinajstić information content (AvgIpc) is 0. The first-order chi connectivity index (χ1) is 0. The fourth-order valence-electron chi connectivity index (χ4n) is 0. The van der Waals surface area contributed by atoms with Gasteiger partial charge in [0.15, 0.2) is 0 Å². The van der Waals surface area contributed by atoms with Crippen molar-refractivity contribution in [2.24, 2.45) is 0 Å². The zero-order chi connectivity index (χ0) is 0. The Kier molecular flexibility index (Phi) is 1860000. The molecule has 0 rings (SSSR count). The van der Waals surface area contributed by atoms with E-state index in [1.165, 1.54) is 0 Å². The maximum absolute atomic E-state index is 0.